The van der Waals surface area contributed by atoms with Gasteiger partial charge in [0, 0.05) is 5.56 Å². The minimum Gasteiger partial charge on any atom is -0.334 e. The number of hydrogen-bond donors (Lipinski definition) is 3. The fraction of sp³-hybridized carbons (Fsp3) is 0.0833. The van der Waals surface area contributed by atoms with Gasteiger partial charge in [0.15, 0.2) is 10.9 Å². The van der Waals surface area contributed by atoms with E-state index in [1.54, 1.807) is 31.2 Å². The largest absolute Gasteiger partial charge is 0.334 e. The summed E-state index contributed by atoms with van der Waals surface area (Å²) in [5, 5.41) is 6.77. The van der Waals surface area contributed by atoms with Crippen molar-refractivity contribution in [3.8, 4) is 11.4 Å². The molecule has 2 heterocycles. The Balaban J connectivity index is 2.01. The van der Waals surface area contributed by atoms with Crippen molar-refractivity contribution in [1.29, 1.82) is 0 Å². The number of nitrogens with zero attached hydrogens (tertiary/aromatic N) is 3. The Morgan fingerprint density at radius 2 is 2.05 bits per heavy atom. The molecular formula is C12H12N6O2S. The third-order valence-corrected chi connectivity index (χ3v) is 4.06. The van der Waals surface area contributed by atoms with Crippen LogP contribution in [-0.2, 0) is 10.0 Å². The Morgan fingerprint density at radius 3 is 2.71 bits per heavy atom. The zero-order valence-corrected chi connectivity index (χ0v) is 11.8. The van der Waals surface area contributed by atoms with Gasteiger partial charge in [-0.15, -0.1) is 0 Å². The maximum atomic E-state index is 12.2. The minimum atomic E-state index is -3.73. The van der Waals surface area contributed by atoms with E-state index < -0.39 is 10.0 Å². The van der Waals surface area contributed by atoms with Crippen LogP contribution in [0.5, 0.6) is 0 Å². The van der Waals surface area contributed by atoms with Crippen molar-refractivity contribution in [1.82, 2.24) is 25.1 Å². The van der Waals surface area contributed by atoms with Gasteiger partial charge >= 0.3 is 0 Å². The van der Waals surface area contributed by atoms with Gasteiger partial charge < -0.3 is 4.98 Å². The van der Waals surface area contributed by atoms with Gasteiger partial charge in [-0.3, -0.25) is 9.82 Å². The van der Waals surface area contributed by atoms with Crippen LogP contribution in [0.1, 0.15) is 5.82 Å². The van der Waals surface area contributed by atoms with Crippen molar-refractivity contribution in [3.05, 3.63) is 42.6 Å². The molecule has 3 aromatic rings. The molecule has 108 valence electrons. The molecule has 2 aromatic heterocycles. The van der Waals surface area contributed by atoms with Crippen LogP contribution in [-0.4, -0.2) is 33.6 Å². The molecule has 0 unspecified atom stereocenters. The number of benzene rings is 1. The zero-order valence-electron chi connectivity index (χ0n) is 11.0. The second kappa shape index (κ2) is 5.02. The lowest BCUT2D eigenvalue weighted by Gasteiger charge is -2.09. The molecule has 0 aliphatic rings. The van der Waals surface area contributed by atoms with Crippen LogP contribution < -0.4 is 4.72 Å². The molecule has 21 heavy (non-hydrogen) atoms. The summed E-state index contributed by atoms with van der Waals surface area (Å²) in [6, 6.07) is 6.91. The minimum absolute atomic E-state index is 0.0107. The molecule has 1 aromatic carbocycles. The number of rotatable bonds is 4. The average Bonchev–Trinajstić information content (AvgIpc) is 3.10. The van der Waals surface area contributed by atoms with Gasteiger partial charge in [0.2, 0.25) is 0 Å². The Bertz CT molecular complexity index is 854. The molecule has 0 fully saturated rings. The first-order valence-electron chi connectivity index (χ1n) is 6.06. The second-order valence-corrected chi connectivity index (χ2v) is 5.96. The Kier molecular flexibility index (Phi) is 3.18. The fourth-order valence-electron chi connectivity index (χ4n) is 1.82. The van der Waals surface area contributed by atoms with Crippen LogP contribution >= 0.6 is 0 Å². The maximum Gasteiger partial charge on any atom is 0.278 e. The normalized spacial score (nSPS) is 11.5. The summed E-state index contributed by atoms with van der Waals surface area (Å²) in [5.41, 5.74) is 0.982. The van der Waals surface area contributed by atoms with Crippen LogP contribution in [0.25, 0.3) is 11.4 Å². The van der Waals surface area contributed by atoms with E-state index in [2.05, 4.69) is 29.9 Å². The highest BCUT2D eigenvalue weighted by Gasteiger charge is 2.18. The van der Waals surface area contributed by atoms with Gasteiger partial charge in [-0.2, -0.15) is 13.5 Å². The first-order chi connectivity index (χ1) is 10.1. The number of aromatic nitrogens is 5. The zero-order chi connectivity index (χ0) is 14.9. The van der Waals surface area contributed by atoms with Crippen LogP contribution in [0.15, 0.2) is 41.8 Å². The first-order valence-corrected chi connectivity index (χ1v) is 7.54. The highest BCUT2D eigenvalue weighted by Crippen LogP contribution is 2.26. The number of sulfonamides is 1. The van der Waals surface area contributed by atoms with E-state index >= 15 is 0 Å². The van der Waals surface area contributed by atoms with E-state index in [9.17, 15) is 8.42 Å². The molecule has 0 amide bonds. The molecule has 0 atom stereocenters. The molecule has 0 saturated heterocycles. The monoisotopic (exact) mass is 304 g/mol. The van der Waals surface area contributed by atoms with Crippen LogP contribution in [0.3, 0.4) is 0 Å². The number of para-hydroxylation sites is 1. The van der Waals surface area contributed by atoms with E-state index in [4.69, 9.17) is 0 Å². The van der Waals surface area contributed by atoms with E-state index in [1.165, 1.54) is 12.5 Å². The maximum absolute atomic E-state index is 12.2. The molecule has 3 rings (SSSR count). The van der Waals surface area contributed by atoms with Crippen molar-refractivity contribution < 1.29 is 8.42 Å². The number of H-pyrrole nitrogens is 2. The number of nitrogens with one attached hydrogen (secondary N) is 3. The molecule has 0 bridgehead atoms. The van der Waals surface area contributed by atoms with Crippen molar-refractivity contribution in [2.24, 2.45) is 0 Å². The predicted octanol–water partition coefficient (Wildman–Crippen LogP) is 1.30. The molecule has 0 radical (unpaired) electrons. The fourth-order valence-corrected chi connectivity index (χ4v) is 2.81. The third-order valence-electron chi connectivity index (χ3n) is 2.77. The SMILES string of the molecule is Cc1nc(-c2ccccc2NS(=O)(=O)c2cnc[nH]2)n[nH]1. The van der Waals surface area contributed by atoms with Crippen molar-refractivity contribution >= 4 is 15.7 Å². The lowest BCUT2D eigenvalue weighted by atomic mass is 10.2. The Labute approximate surface area is 120 Å². The standard InChI is InChI=1S/C12H12N6O2S/c1-8-15-12(17-16-8)9-4-2-3-5-10(9)18-21(19,20)11-6-13-7-14-11/h2-7,18H,1H3,(H,13,14)(H,15,16,17). The molecule has 0 spiro atoms. The van der Waals surface area contributed by atoms with Crippen molar-refractivity contribution in [2.45, 2.75) is 11.9 Å². The lowest BCUT2D eigenvalue weighted by molar-refractivity contribution is 0.598. The average molecular weight is 304 g/mol. The summed E-state index contributed by atoms with van der Waals surface area (Å²) in [7, 11) is -3.73. The molecule has 9 heteroatoms. The molecular weight excluding hydrogens is 292 g/mol. The number of aryl methyl sites for hydroxylation is 1. The van der Waals surface area contributed by atoms with E-state index in [0.29, 0.717) is 22.9 Å². The van der Waals surface area contributed by atoms with E-state index in [1.807, 2.05) is 0 Å². The van der Waals surface area contributed by atoms with Crippen LogP contribution in [0.4, 0.5) is 5.69 Å². The molecule has 0 aliphatic carbocycles. The number of hydrogen-bond acceptors (Lipinski definition) is 5. The summed E-state index contributed by atoms with van der Waals surface area (Å²) in [6.07, 6.45) is 2.54. The van der Waals surface area contributed by atoms with Gasteiger partial charge in [0.25, 0.3) is 10.0 Å². The van der Waals surface area contributed by atoms with Gasteiger partial charge in [-0.1, -0.05) is 12.1 Å². The quantitative estimate of drug-likeness (QED) is 0.672. The van der Waals surface area contributed by atoms with E-state index in [0.717, 1.165) is 0 Å². The van der Waals surface area contributed by atoms with Crippen molar-refractivity contribution in [3.63, 3.8) is 0 Å². The Morgan fingerprint density at radius 1 is 1.24 bits per heavy atom. The highest BCUT2D eigenvalue weighted by atomic mass is 32.2. The van der Waals surface area contributed by atoms with Crippen LogP contribution in [0, 0.1) is 6.92 Å². The van der Waals surface area contributed by atoms with Crippen molar-refractivity contribution in [2.75, 3.05) is 4.72 Å². The molecule has 0 aliphatic heterocycles. The topological polar surface area (TPSA) is 116 Å². The molecule has 3 N–H and O–H groups in total. The second-order valence-electron chi connectivity index (χ2n) is 4.31. The van der Waals surface area contributed by atoms with Gasteiger partial charge in [0.05, 0.1) is 18.2 Å². The summed E-state index contributed by atoms with van der Waals surface area (Å²) in [6.45, 7) is 1.77. The number of imidazole rings is 1. The predicted molar refractivity (Wildman–Crippen MR) is 76.0 cm³/mol. The summed E-state index contributed by atoms with van der Waals surface area (Å²) < 4.78 is 26.9. The van der Waals surface area contributed by atoms with Crippen LogP contribution in [0.2, 0.25) is 0 Å². The van der Waals surface area contributed by atoms with Gasteiger partial charge in [0.1, 0.15) is 5.82 Å². The Hall–Kier alpha value is -2.68. The third kappa shape index (κ3) is 2.63. The summed E-state index contributed by atoms with van der Waals surface area (Å²) in [4.78, 5) is 10.5. The summed E-state index contributed by atoms with van der Waals surface area (Å²) in [5.74, 6) is 1.08. The smallest absolute Gasteiger partial charge is 0.278 e. The van der Waals surface area contributed by atoms with Gasteiger partial charge in [-0.25, -0.2) is 9.97 Å². The lowest BCUT2D eigenvalue weighted by Crippen LogP contribution is -2.14. The van der Waals surface area contributed by atoms with Gasteiger partial charge in [-0.05, 0) is 19.1 Å². The number of aromatic amines is 2. The molecule has 8 nitrogen and oxygen atoms in total. The highest BCUT2D eigenvalue weighted by molar-refractivity contribution is 7.92. The first kappa shape index (κ1) is 13.3. The molecule has 0 saturated carbocycles. The summed E-state index contributed by atoms with van der Waals surface area (Å²) >= 11 is 0. The van der Waals surface area contributed by atoms with E-state index in [-0.39, 0.29) is 5.03 Å². The number of anilines is 1.